The van der Waals surface area contributed by atoms with Crippen molar-refractivity contribution in [1.29, 1.82) is 0 Å². The molecule has 0 spiro atoms. The molecule has 3 aromatic rings. The summed E-state index contributed by atoms with van der Waals surface area (Å²) in [5.41, 5.74) is 2.71. The van der Waals surface area contributed by atoms with Crippen molar-refractivity contribution in [3.05, 3.63) is 42.5 Å². The number of aromatic nitrogens is 3. The van der Waals surface area contributed by atoms with Gasteiger partial charge in [0, 0.05) is 18.9 Å². The highest BCUT2D eigenvalue weighted by molar-refractivity contribution is 8.00. The Balaban J connectivity index is 1.68. The second-order valence-corrected chi connectivity index (χ2v) is 6.39. The van der Waals surface area contributed by atoms with E-state index in [1.807, 2.05) is 36.4 Å². The Bertz CT molecular complexity index is 938. The van der Waals surface area contributed by atoms with Crippen LogP contribution in [0, 0.1) is 0 Å². The van der Waals surface area contributed by atoms with Crippen LogP contribution in [0.1, 0.15) is 6.92 Å². The molecule has 1 heterocycles. The number of hydrogen-bond donors (Lipinski definition) is 2. The second-order valence-electron chi connectivity index (χ2n) is 5.38. The zero-order valence-corrected chi connectivity index (χ0v) is 14.6. The molecule has 1 aromatic heterocycles. The minimum absolute atomic E-state index is 0.146. The molecule has 8 heteroatoms. The van der Waals surface area contributed by atoms with Gasteiger partial charge >= 0.3 is 0 Å². The third-order valence-electron chi connectivity index (χ3n) is 3.34. The van der Waals surface area contributed by atoms with Crippen molar-refractivity contribution >= 4 is 46.0 Å². The highest BCUT2D eigenvalue weighted by atomic mass is 32.2. The minimum Gasteiger partial charge on any atom is -0.325 e. The van der Waals surface area contributed by atoms with E-state index in [1.165, 1.54) is 23.5 Å². The molecule has 7 nitrogen and oxygen atoms in total. The van der Waals surface area contributed by atoms with Crippen molar-refractivity contribution in [3.8, 4) is 0 Å². The number of para-hydroxylation sites is 1. The summed E-state index contributed by atoms with van der Waals surface area (Å²) in [6.07, 6.45) is 0. The van der Waals surface area contributed by atoms with Crippen LogP contribution in [0.4, 0.5) is 11.4 Å². The number of thioether (sulfide) groups is 1. The predicted molar refractivity (Wildman–Crippen MR) is 98.6 cm³/mol. The molecule has 0 fully saturated rings. The largest absolute Gasteiger partial charge is 0.325 e. The summed E-state index contributed by atoms with van der Waals surface area (Å²) in [6, 6.07) is 12.8. The van der Waals surface area contributed by atoms with E-state index < -0.39 is 0 Å². The van der Waals surface area contributed by atoms with Gasteiger partial charge < -0.3 is 10.6 Å². The second kappa shape index (κ2) is 7.35. The van der Waals surface area contributed by atoms with Gasteiger partial charge in [0.15, 0.2) is 0 Å². The Morgan fingerprint density at radius 1 is 1.04 bits per heavy atom. The lowest BCUT2D eigenvalue weighted by Gasteiger charge is -2.09. The summed E-state index contributed by atoms with van der Waals surface area (Å²) in [4.78, 5) is 25.9. The van der Waals surface area contributed by atoms with Gasteiger partial charge in [-0.25, -0.2) is 0 Å². The van der Waals surface area contributed by atoms with Crippen LogP contribution in [-0.2, 0) is 16.6 Å². The molecule has 3 rings (SSSR count). The Morgan fingerprint density at radius 3 is 2.60 bits per heavy atom. The SMILES string of the molecule is CC(=O)Nc1ccccc1SCC(=O)Nc1cccc2nn(C)nc12. The van der Waals surface area contributed by atoms with Crippen molar-refractivity contribution < 1.29 is 9.59 Å². The number of nitrogens with one attached hydrogen (secondary N) is 2. The molecule has 0 saturated heterocycles. The molecule has 0 aliphatic heterocycles. The van der Waals surface area contributed by atoms with Gasteiger partial charge in [-0.15, -0.1) is 11.8 Å². The quantitative estimate of drug-likeness (QED) is 0.687. The van der Waals surface area contributed by atoms with Gasteiger partial charge in [0.1, 0.15) is 11.0 Å². The molecule has 0 aliphatic carbocycles. The van der Waals surface area contributed by atoms with Gasteiger partial charge in [-0.3, -0.25) is 9.59 Å². The lowest BCUT2D eigenvalue weighted by Crippen LogP contribution is -2.14. The Hall–Kier alpha value is -2.87. The first-order chi connectivity index (χ1) is 12.0. The van der Waals surface area contributed by atoms with E-state index in [4.69, 9.17) is 0 Å². The first-order valence-corrected chi connectivity index (χ1v) is 8.61. The third kappa shape index (κ3) is 4.16. The number of nitrogens with zero attached hydrogens (tertiary/aromatic N) is 3. The Morgan fingerprint density at radius 2 is 1.80 bits per heavy atom. The van der Waals surface area contributed by atoms with Gasteiger partial charge in [-0.05, 0) is 24.3 Å². The maximum atomic E-state index is 12.3. The molecule has 128 valence electrons. The topological polar surface area (TPSA) is 88.9 Å². The average molecular weight is 355 g/mol. The average Bonchev–Trinajstić information content (AvgIpc) is 2.95. The van der Waals surface area contributed by atoms with Crippen molar-refractivity contribution in [2.75, 3.05) is 16.4 Å². The first kappa shape index (κ1) is 17.0. The zero-order valence-electron chi connectivity index (χ0n) is 13.8. The molecule has 0 radical (unpaired) electrons. The number of carbonyl (C=O) groups is 2. The summed E-state index contributed by atoms with van der Waals surface area (Å²) in [5.74, 6) is -0.0830. The number of fused-ring (bicyclic) bond motifs is 1. The van der Waals surface area contributed by atoms with Crippen molar-refractivity contribution in [2.45, 2.75) is 11.8 Å². The molecule has 0 bridgehead atoms. The van der Waals surface area contributed by atoms with Gasteiger partial charge in [0.25, 0.3) is 0 Å². The molecule has 0 aliphatic rings. The van der Waals surface area contributed by atoms with Crippen molar-refractivity contribution in [2.24, 2.45) is 7.05 Å². The lowest BCUT2D eigenvalue weighted by atomic mass is 10.2. The van der Waals surface area contributed by atoms with Crippen LogP contribution in [0.3, 0.4) is 0 Å². The molecule has 25 heavy (non-hydrogen) atoms. The smallest absolute Gasteiger partial charge is 0.234 e. The molecular formula is C17H17N5O2S. The monoisotopic (exact) mass is 355 g/mol. The number of benzene rings is 2. The third-order valence-corrected chi connectivity index (χ3v) is 4.42. The summed E-state index contributed by atoms with van der Waals surface area (Å²) in [7, 11) is 1.74. The van der Waals surface area contributed by atoms with Crippen molar-refractivity contribution in [3.63, 3.8) is 0 Å². The highest BCUT2D eigenvalue weighted by Gasteiger charge is 2.11. The van der Waals surface area contributed by atoms with E-state index >= 15 is 0 Å². The van der Waals surface area contributed by atoms with Crippen LogP contribution in [-0.4, -0.2) is 32.6 Å². The zero-order chi connectivity index (χ0) is 17.8. The number of aryl methyl sites for hydroxylation is 1. The molecule has 0 atom stereocenters. The van der Waals surface area contributed by atoms with Crippen molar-refractivity contribution in [1.82, 2.24) is 15.0 Å². The van der Waals surface area contributed by atoms with Crippen LogP contribution in [0.25, 0.3) is 11.0 Å². The predicted octanol–water partition coefficient (Wildman–Crippen LogP) is 2.66. The van der Waals surface area contributed by atoms with E-state index in [-0.39, 0.29) is 17.6 Å². The molecule has 2 amide bonds. The van der Waals surface area contributed by atoms with E-state index in [0.717, 1.165) is 10.4 Å². The summed E-state index contributed by atoms with van der Waals surface area (Å²) in [6.45, 7) is 1.45. The summed E-state index contributed by atoms with van der Waals surface area (Å²) >= 11 is 1.36. The molecule has 2 N–H and O–H groups in total. The van der Waals surface area contributed by atoms with Gasteiger partial charge in [-0.2, -0.15) is 15.0 Å². The fraction of sp³-hybridized carbons (Fsp3) is 0.176. The number of hydrogen-bond acceptors (Lipinski definition) is 5. The van der Waals surface area contributed by atoms with Crippen LogP contribution < -0.4 is 10.6 Å². The maximum Gasteiger partial charge on any atom is 0.234 e. The maximum absolute atomic E-state index is 12.3. The van der Waals surface area contributed by atoms with Crippen LogP contribution in [0.5, 0.6) is 0 Å². The highest BCUT2D eigenvalue weighted by Crippen LogP contribution is 2.27. The molecule has 0 unspecified atom stereocenters. The van der Waals surface area contributed by atoms with Gasteiger partial charge in [0.2, 0.25) is 11.8 Å². The normalized spacial score (nSPS) is 10.6. The van der Waals surface area contributed by atoms with Gasteiger partial charge in [-0.1, -0.05) is 18.2 Å². The number of anilines is 2. The number of carbonyl (C=O) groups excluding carboxylic acids is 2. The Kier molecular flexibility index (Phi) is 4.99. The first-order valence-electron chi connectivity index (χ1n) is 7.62. The van der Waals surface area contributed by atoms with Crippen LogP contribution in [0.2, 0.25) is 0 Å². The number of amides is 2. The molecule has 2 aromatic carbocycles. The fourth-order valence-corrected chi connectivity index (χ4v) is 3.16. The Labute approximate surface area is 148 Å². The fourth-order valence-electron chi connectivity index (χ4n) is 2.36. The minimum atomic E-state index is -0.152. The van der Waals surface area contributed by atoms with Crippen LogP contribution in [0.15, 0.2) is 47.4 Å². The number of rotatable bonds is 5. The molecule has 0 saturated carbocycles. The van der Waals surface area contributed by atoms with Crippen LogP contribution >= 0.6 is 11.8 Å². The standard InChI is InChI=1S/C17H17N5O2S/c1-11(23)18-12-6-3-4-9-15(12)25-10-16(24)19-13-7-5-8-14-17(13)21-22(2)20-14/h3-9H,10H2,1-2H3,(H,18,23)(H,19,24). The van der Waals surface area contributed by atoms with E-state index in [9.17, 15) is 9.59 Å². The van der Waals surface area contributed by atoms with E-state index in [0.29, 0.717) is 16.9 Å². The molecular weight excluding hydrogens is 338 g/mol. The van der Waals surface area contributed by atoms with Gasteiger partial charge in [0.05, 0.1) is 17.1 Å². The summed E-state index contributed by atoms with van der Waals surface area (Å²) < 4.78 is 0. The lowest BCUT2D eigenvalue weighted by molar-refractivity contribution is -0.114. The van der Waals surface area contributed by atoms with E-state index in [1.54, 1.807) is 13.1 Å². The van der Waals surface area contributed by atoms with E-state index in [2.05, 4.69) is 20.8 Å². The summed E-state index contributed by atoms with van der Waals surface area (Å²) in [5, 5.41) is 14.1.